The first-order chi connectivity index (χ1) is 18.3. The van der Waals surface area contributed by atoms with Crippen LogP contribution in [0.15, 0.2) is 27.9 Å². The molecule has 2 aliphatic heterocycles. The quantitative estimate of drug-likeness (QED) is 0.360. The molecule has 0 spiro atoms. The molecule has 2 aromatic rings. The van der Waals surface area contributed by atoms with Gasteiger partial charge in [0.25, 0.3) is 11.5 Å². The molecule has 0 radical (unpaired) electrons. The summed E-state index contributed by atoms with van der Waals surface area (Å²) < 4.78 is 18.3. The molecule has 200 valence electrons. The minimum absolute atomic E-state index is 0.0824. The maximum atomic E-state index is 13.5. The summed E-state index contributed by atoms with van der Waals surface area (Å²) in [5, 5.41) is 9.75. The fourth-order valence-corrected chi connectivity index (χ4v) is 5.94. The van der Waals surface area contributed by atoms with E-state index in [1.807, 2.05) is 25.1 Å². The topological polar surface area (TPSA) is 97.0 Å². The maximum absolute atomic E-state index is 13.5. The van der Waals surface area contributed by atoms with Crippen LogP contribution < -0.4 is 19.9 Å². The number of benzene rings is 1. The van der Waals surface area contributed by atoms with Crippen LogP contribution in [-0.2, 0) is 22.5 Å². The molecule has 2 aliphatic rings. The maximum Gasteiger partial charge on any atom is 0.270 e. The lowest BCUT2D eigenvalue weighted by Crippen LogP contribution is -2.41. The smallest absolute Gasteiger partial charge is 0.270 e. The van der Waals surface area contributed by atoms with E-state index < -0.39 is 0 Å². The van der Waals surface area contributed by atoms with Crippen molar-refractivity contribution in [1.29, 1.82) is 5.26 Å². The van der Waals surface area contributed by atoms with Gasteiger partial charge in [-0.1, -0.05) is 30.0 Å². The van der Waals surface area contributed by atoms with Crippen molar-refractivity contribution < 1.29 is 19.0 Å². The van der Waals surface area contributed by atoms with Crippen molar-refractivity contribution in [2.75, 3.05) is 52.0 Å². The Balaban J connectivity index is 1.68. The van der Waals surface area contributed by atoms with Crippen LogP contribution in [0.4, 0.5) is 5.82 Å². The number of amides is 1. The highest BCUT2D eigenvalue weighted by molar-refractivity contribution is 8.26. The third kappa shape index (κ3) is 5.29. The second kappa shape index (κ2) is 12.0. The van der Waals surface area contributed by atoms with Crippen molar-refractivity contribution in [3.8, 4) is 17.6 Å². The van der Waals surface area contributed by atoms with Gasteiger partial charge in [-0.15, -0.1) is 0 Å². The molecule has 0 bridgehead atoms. The van der Waals surface area contributed by atoms with Gasteiger partial charge in [0.15, 0.2) is 11.5 Å². The van der Waals surface area contributed by atoms with E-state index in [2.05, 4.69) is 11.0 Å². The molecule has 0 saturated carbocycles. The van der Waals surface area contributed by atoms with E-state index in [0.29, 0.717) is 83.5 Å². The first-order valence-corrected chi connectivity index (χ1v) is 13.5. The molecular weight excluding hydrogens is 524 g/mol. The number of hydrogen-bond donors (Lipinski definition) is 0. The predicted octanol–water partition coefficient (Wildman–Crippen LogP) is 3.35. The standard InChI is InChI=1S/C27H30N4O5S2/c1-5-30-24(29-10-12-36-13-11-29)19(17(2)20(16-28)25(30)32)15-23-26(33)31(27(37)38-23)9-8-18-6-7-21(34-3)22(14-18)35-4/h6-7,14-15H,5,8-13H2,1-4H3/b23-15-. The third-order valence-electron chi connectivity index (χ3n) is 6.69. The monoisotopic (exact) mass is 554 g/mol. The summed E-state index contributed by atoms with van der Waals surface area (Å²) in [6.45, 7) is 6.73. The van der Waals surface area contributed by atoms with Crippen molar-refractivity contribution in [3.63, 3.8) is 0 Å². The Morgan fingerprint density at radius 2 is 1.89 bits per heavy atom. The molecule has 2 saturated heterocycles. The van der Waals surface area contributed by atoms with Gasteiger partial charge in [-0.25, -0.2) is 0 Å². The second-order valence-electron chi connectivity index (χ2n) is 8.77. The van der Waals surface area contributed by atoms with E-state index in [4.69, 9.17) is 26.4 Å². The number of anilines is 1. The number of carbonyl (C=O) groups excluding carboxylic acids is 1. The predicted molar refractivity (Wildman–Crippen MR) is 152 cm³/mol. The van der Waals surface area contributed by atoms with Gasteiger partial charge in [-0.3, -0.25) is 19.1 Å². The summed E-state index contributed by atoms with van der Waals surface area (Å²) in [7, 11) is 3.17. The largest absolute Gasteiger partial charge is 0.493 e. The SMILES string of the molecule is CCn1c(N2CCOCC2)c(/C=C2\SC(=S)N(CCc3ccc(OC)c(OC)c3)C2=O)c(C)c(C#N)c1=O. The lowest BCUT2D eigenvalue weighted by molar-refractivity contribution is -0.122. The molecule has 0 unspecified atom stereocenters. The van der Waals surface area contributed by atoms with Crippen LogP contribution in [0.5, 0.6) is 11.5 Å². The number of thiocarbonyl (C=S) groups is 1. The van der Waals surface area contributed by atoms with Gasteiger partial charge in [0.1, 0.15) is 21.8 Å². The van der Waals surface area contributed by atoms with Crippen LogP contribution in [0.25, 0.3) is 6.08 Å². The van der Waals surface area contributed by atoms with Crippen molar-refractivity contribution >= 4 is 46.1 Å². The van der Waals surface area contributed by atoms with Gasteiger partial charge in [0.05, 0.1) is 32.3 Å². The van der Waals surface area contributed by atoms with Crippen molar-refractivity contribution in [2.45, 2.75) is 26.8 Å². The summed E-state index contributed by atoms with van der Waals surface area (Å²) in [6, 6.07) is 7.73. The molecule has 1 aromatic heterocycles. The highest BCUT2D eigenvalue weighted by atomic mass is 32.2. The number of hydrogen-bond acceptors (Lipinski definition) is 9. The molecule has 11 heteroatoms. The Kier molecular flexibility index (Phi) is 8.76. The zero-order chi connectivity index (χ0) is 27.4. The van der Waals surface area contributed by atoms with Gasteiger partial charge in [0.2, 0.25) is 0 Å². The Morgan fingerprint density at radius 1 is 1.18 bits per heavy atom. The molecule has 9 nitrogen and oxygen atoms in total. The van der Waals surface area contributed by atoms with Crippen molar-refractivity contribution in [2.24, 2.45) is 0 Å². The van der Waals surface area contributed by atoms with Gasteiger partial charge < -0.3 is 19.1 Å². The number of morpholine rings is 1. The molecular formula is C27H30N4O5S2. The van der Waals surface area contributed by atoms with E-state index in [1.165, 1.54) is 11.8 Å². The minimum atomic E-state index is -0.325. The zero-order valence-electron chi connectivity index (χ0n) is 21.9. The molecule has 2 fully saturated rings. The highest BCUT2D eigenvalue weighted by Crippen LogP contribution is 2.36. The third-order valence-corrected chi connectivity index (χ3v) is 8.07. The summed E-state index contributed by atoms with van der Waals surface area (Å²) in [4.78, 5) is 30.7. The molecule has 0 N–H and O–H groups in total. The number of rotatable bonds is 8. The van der Waals surface area contributed by atoms with Crippen LogP contribution >= 0.6 is 24.0 Å². The van der Waals surface area contributed by atoms with Gasteiger partial charge in [-0.05, 0) is 49.6 Å². The van der Waals surface area contributed by atoms with E-state index in [9.17, 15) is 14.9 Å². The number of methoxy groups -OCH3 is 2. The van der Waals surface area contributed by atoms with Gasteiger partial charge in [-0.2, -0.15) is 5.26 Å². The molecule has 0 atom stereocenters. The molecule has 1 aromatic carbocycles. The number of nitrogens with zero attached hydrogens (tertiary/aromatic N) is 4. The Bertz CT molecular complexity index is 1390. The molecule has 1 amide bonds. The van der Waals surface area contributed by atoms with E-state index in [1.54, 1.807) is 36.7 Å². The summed E-state index contributed by atoms with van der Waals surface area (Å²) >= 11 is 6.80. The Hall–Kier alpha value is -3.33. The average Bonchev–Trinajstić information content (AvgIpc) is 3.20. The van der Waals surface area contributed by atoms with Crippen LogP contribution in [0.1, 0.15) is 29.2 Å². The Labute approximate surface area is 231 Å². The molecule has 38 heavy (non-hydrogen) atoms. The Morgan fingerprint density at radius 3 is 2.53 bits per heavy atom. The normalized spacial score (nSPS) is 16.8. The average molecular weight is 555 g/mol. The van der Waals surface area contributed by atoms with E-state index >= 15 is 0 Å². The first kappa shape index (κ1) is 27.7. The highest BCUT2D eigenvalue weighted by Gasteiger charge is 2.33. The molecule has 4 rings (SSSR count). The van der Waals surface area contributed by atoms with Crippen LogP contribution in [-0.4, -0.2) is 66.8 Å². The fourth-order valence-electron chi connectivity index (χ4n) is 4.65. The van der Waals surface area contributed by atoms with Crippen molar-refractivity contribution in [1.82, 2.24) is 9.47 Å². The van der Waals surface area contributed by atoms with Crippen LogP contribution in [0, 0.1) is 18.3 Å². The van der Waals surface area contributed by atoms with Gasteiger partial charge in [0, 0.05) is 31.7 Å². The number of thioether (sulfide) groups is 1. The van der Waals surface area contributed by atoms with Gasteiger partial charge >= 0.3 is 0 Å². The molecule has 3 heterocycles. The van der Waals surface area contributed by atoms with Crippen molar-refractivity contribution in [3.05, 3.63) is 55.7 Å². The number of carbonyl (C=O) groups is 1. The number of nitriles is 1. The summed E-state index contributed by atoms with van der Waals surface area (Å²) in [6.07, 6.45) is 2.36. The zero-order valence-corrected chi connectivity index (χ0v) is 23.5. The van der Waals surface area contributed by atoms with Crippen LogP contribution in [0.3, 0.4) is 0 Å². The lowest BCUT2D eigenvalue weighted by Gasteiger charge is -2.33. The first-order valence-electron chi connectivity index (χ1n) is 12.3. The number of aromatic nitrogens is 1. The van der Waals surface area contributed by atoms with E-state index in [-0.39, 0.29) is 17.0 Å². The van der Waals surface area contributed by atoms with Crippen LogP contribution in [0.2, 0.25) is 0 Å². The number of pyridine rings is 1. The van der Waals surface area contributed by atoms with E-state index in [0.717, 1.165) is 5.56 Å². The lowest BCUT2D eigenvalue weighted by atomic mass is 10.0. The summed E-state index contributed by atoms with van der Waals surface area (Å²) in [5.41, 5.74) is 1.98. The number of ether oxygens (including phenoxy) is 3. The second-order valence-corrected chi connectivity index (χ2v) is 10.4. The fraction of sp³-hybridized carbons (Fsp3) is 0.407. The summed E-state index contributed by atoms with van der Waals surface area (Å²) in [5.74, 6) is 1.77. The molecule has 0 aliphatic carbocycles. The minimum Gasteiger partial charge on any atom is -0.493 e.